The lowest BCUT2D eigenvalue weighted by molar-refractivity contribution is 0.550. The van der Waals surface area contributed by atoms with Gasteiger partial charge in [0, 0.05) is 17.1 Å². The molecule has 0 bridgehead atoms. The first kappa shape index (κ1) is 13.5. The van der Waals surface area contributed by atoms with E-state index in [2.05, 4.69) is 29.4 Å². The molecular weight excluding hydrogens is 266 g/mol. The number of halogens is 1. The molecule has 1 aromatic heterocycles. The molecule has 0 aliphatic carbocycles. The number of hydrogen-bond donors (Lipinski definition) is 1. The lowest BCUT2D eigenvalue weighted by Gasteiger charge is -2.03. The Bertz CT molecular complexity index is 510. The first-order chi connectivity index (χ1) is 8.65. The van der Waals surface area contributed by atoms with E-state index in [1.165, 1.54) is 0 Å². The number of benzene rings is 1. The molecule has 0 radical (unpaired) electrons. The fourth-order valence-corrected chi connectivity index (χ4v) is 2.53. The predicted molar refractivity (Wildman–Crippen MR) is 76.9 cm³/mol. The molecule has 96 valence electrons. The minimum atomic E-state index is 0.644. The Balaban J connectivity index is 2.02. The SMILES string of the molecule is CC(C)CNCc1nnc(-c2cccc(Cl)c2)s1. The fourth-order valence-electron chi connectivity index (χ4n) is 1.53. The van der Waals surface area contributed by atoms with Gasteiger partial charge in [-0.25, -0.2) is 0 Å². The maximum atomic E-state index is 5.96. The molecule has 3 nitrogen and oxygen atoms in total. The summed E-state index contributed by atoms with van der Waals surface area (Å²) < 4.78 is 0. The average molecular weight is 282 g/mol. The van der Waals surface area contributed by atoms with Crippen LogP contribution >= 0.6 is 22.9 Å². The Labute approximate surface area is 116 Å². The van der Waals surface area contributed by atoms with E-state index in [4.69, 9.17) is 11.6 Å². The zero-order chi connectivity index (χ0) is 13.0. The van der Waals surface area contributed by atoms with E-state index in [9.17, 15) is 0 Å². The molecule has 1 aromatic carbocycles. The van der Waals surface area contributed by atoms with Crippen LogP contribution in [0.1, 0.15) is 18.9 Å². The first-order valence-electron chi connectivity index (χ1n) is 5.94. The standard InChI is InChI=1S/C13H16ClN3S/c1-9(2)7-15-8-12-16-17-13(18-12)10-4-3-5-11(14)6-10/h3-6,9,15H,7-8H2,1-2H3. The van der Waals surface area contributed by atoms with Crippen molar-refractivity contribution in [3.63, 3.8) is 0 Å². The number of rotatable bonds is 5. The summed E-state index contributed by atoms with van der Waals surface area (Å²) in [5.41, 5.74) is 1.02. The number of aromatic nitrogens is 2. The first-order valence-corrected chi connectivity index (χ1v) is 7.13. The molecule has 0 saturated carbocycles. The van der Waals surface area contributed by atoms with Gasteiger partial charge in [-0.2, -0.15) is 0 Å². The summed E-state index contributed by atoms with van der Waals surface area (Å²) in [5, 5.41) is 14.4. The van der Waals surface area contributed by atoms with E-state index in [-0.39, 0.29) is 0 Å². The highest BCUT2D eigenvalue weighted by molar-refractivity contribution is 7.14. The molecule has 2 aromatic rings. The maximum absolute atomic E-state index is 5.96. The fraction of sp³-hybridized carbons (Fsp3) is 0.385. The van der Waals surface area contributed by atoms with Gasteiger partial charge in [0.15, 0.2) is 0 Å². The van der Waals surface area contributed by atoms with Gasteiger partial charge in [0.25, 0.3) is 0 Å². The minimum absolute atomic E-state index is 0.644. The van der Waals surface area contributed by atoms with Gasteiger partial charge in [0.05, 0.1) is 0 Å². The van der Waals surface area contributed by atoms with Gasteiger partial charge in [-0.1, -0.05) is 48.9 Å². The van der Waals surface area contributed by atoms with Crippen molar-refractivity contribution in [2.45, 2.75) is 20.4 Å². The Hall–Kier alpha value is -0.970. The lowest BCUT2D eigenvalue weighted by Crippen LogP contribution is -2.18. The summed E-state index contributed by atoms with van der Waals surface area (Å²) in [5.74, 6) is 0.644. The van der Waals surface area contributed by atoms with Crippen LogP contribution in [0.15, 0.2) is 24.3 Å². The largest absolute Gasteiger partial charge is 0.310 e. The third kappa shape index (κ3) is 3.77. The smallest absolute Gasteiger partial charge is 0.147 e. The van der Waals surface area contributed by atoms with Crippen LogP contribution in [0.4, 0.5) is 0 Å². The van der Waals surface area contributed by atoms with Gasteiger partial charge in [-0.3, -0.25) is 0 Å². The van der Waals surface area contributed by atoms with Crippen LogP contribution in [0.5, 0.6) is 0 Å². The van der Waals surface area contributed by atoms with E-state index >= 15 is 0 Å². The highest BCUT2D eigenvalue weighted by atomic mass is 35.5. The van der Waals surface area contributed by atoms with Crippen molar-refractivity contribution >= 4 is 22.9 Å². The third-order valence-corrected chi connectivity index (χ3v) is 3.57. The predicted octanol–water partition coefficient (Wildman–Crippen LogP) is 3.60. The van der Waals surface area contributed by atoms with Crippen molar-refractivity contribution in [1.29, 1.82) is 0 Å². The highest BCUT2D eigenvalue weighted by Gasteiger charge is 2.06. The van der Waals surface area contributed by atoms with Crippen molar-refractivity contribution in [2.75, 3.05) is 6.54 Å². The Morgan fingerprint density at radius 1 is 1.33 bits per heavy atom. The summed E-state index contributed by atoms with van der Waals surface area (Å²) in [6, 6.07) is 7.69. The van der Waals surface area contributed by atoms with E-state index in [1.807, 2.05) is 24.3 Å². The number of nitrogens with zero attached hydrogens (tertiary/aromatic N) is 2. The van der Waals surface area contributed by atoms with Crippen LogP contribution < -0.4 is 5.32 Å². The molecule has 0 spiro atoms. The molecule has 0 aliphatic heterocycles. The Morgan fingerprint density at radius 2 is 2.17 bits per heavy atom. The molecule has 0 atom stereocenters. The molecule has 0 amide bonds. The van der Waals surface area contributed by atoms with Crippen LogP contribution in [0, 0.1) is 5.92 Å². The number of hydrogen-bond acceptors (Lipinski definition) is 4. The molecule has 1 N–H and O–H groups in total. The molecule has 2 rings (SSSR count). The molecule has 0 saturated heterocycles. The number of nitrogens with one attached hydrogen (secondary N) is 1. The second kappa shape index (κ2) is 6.27. The summed E-state index contributed by atoms with van der Waals surface area (Å²) in [7, 11) is 0. The Kier molecular flexibility index (Phi) is 4.69. The van der Waals surface area contributed by atoms with Gasteiger partial charge >= 0.3 is 0 Å². The van der Waals surface area contributed by atoms with Crippen molar-refractivity contribution in [2.24, 2.45) is 5.92 Å². The summed E-state index contributed by atoms with van der Waals surface area (Å²) >= 11 is 7.57. The zero-order valence-corrected chi connectivity index (χ0v) is 12.1. The molecule has 0 fully saturated rings. The average Bonchev–Trinajstić information content (AvgIpc) is 2.77. The van der Waals surface area contributed by atoms with Gasteiger partial charge in [-0.05, 0) is 24.6 Å². The van der Waals surface area contributed by atoms with Crippen LogP contribution in [0.25, 0.3) is 10.6 Å². The van der Waals surface area contributed by atoms with E-state index < -0.39 is 0 Å². The Morgan fingerprint density at radius 3 is 2.89 bits per heavy atom. The van der Waals surface area contributed by atoms with Gasteiger partial charge < -0.3 is 5.32 Å². The van der Waals surface area contributed by atoms with Gasteiger partial charge in [-0.15, -0.1) is 10.2 Å². The van der Waals surface area contributed by atoms with Crippen LogP contribution in [0.3, 0.4) is 0 Å². The van der Waals surface area contributed by atoms with E-state index in [0.29, 0.717) is 5.92 Å². The molecule has 1 heterocycles. The van der Waals surface area contributed by atoms with Gasteiger partial charge in [0.2, 0.25) is 0 Å². The monoisotopic (exact) mass is 281 g/mol. The van der Waals surface area contributed by atoms with Crippen LogP contribution in [-0.2, 0) is 6.54 Å². The van der Waals surface area contributed by atoms with Crippen molar-refractivity contribution in [1.82, 2.24) is 15.5 Å². The molecule has 18 heavy (non-hydrogen) atoms. The molecular formula is C13H16ClN3S. The molecule has 0 unspecified atom stereocenters. The second-order valence-corrected chi connectivity index (χ2v) is 6.03. The minimum Gasteiger partial charge on any atom is -0.310 e. The summed E-state index contributed by atoms with van der Waals surface area (Å²) in [4.78, 5) is 0. The van der Waals surface area contributed by atoms with E-state index in [0.717, 1.165) is 33.7 Å². The lowest BCUT2D eigenvalue weighted by atomic mass is 10.2. The van der Waals surface area contributed by atoms with Gasteiger partial charge in [0.1, 0.15) is 10.0 Å². The quantitative estimate of drug-likeness (QED) is 0.910. The zero-order valence-electron chi connectivity index (χ0n) is 10.5. The highest BCUT2D eigenvalue weighted by Crippen LogP contribution is 2.25. The topological polar surface area (TPSA) is 37.8 Å². The molecule has 0 aliphatic rings. The second-order valence-electron chi connectivity index (χ2n) is 4.54. The molecule has 5 heteroatoms. The van der Waals surface area contributed by atoms with Crippen molar-refractivity contribution in [3.8, 4) is 10.6 Å². The third-order valence-electron chi connectivity index (χ3n) is 2.37. The summed E-state index contributed by atoms with van der Waals surface area (Å²) in [6.45, 7) is 6.14. The van der Waals surface area contributed by atoms with E-state index in [1.54, 1.807) is 11.3 Å². The normalized spacial score (nSPS) is 11.1. The summed E-state index contributed by atoms with van der Waals surface area (Å²) in [6.07, 6.45) is 0. The van der Waals surface area contributed by atoms with Crippen molar-refractivity contribution in [3.05, 3.63) is 34.3 Å². The van der Waals surface area contributed by atoms with Crippen LogP contribution in [-0.4, -0.2) is 16.7 Å². The maximum Gasteiger partial charge on any atom is 0.147 e. The van der Waals surface area contributed by atoms with Crippen LogP contribution in [0.2, 0.25) is 5.02 Å². The van der Waals surface area contributed by atoms with Crippen molar-refractivity contribution < 1.29 is 0 Å².